The first-order valence-corrected chi connectivity index (χ1v) is 7.30. The molecule has 0 saturated carbocycles. The van der Waals surface area contributed by atoms with E-state index >= 15 is 0 Å². The van der Waals surface area contributed by atoms with Gasteiger partial charge >= 0.3 is 0 Å². The molecule has 6 heteroatoms. The average Bonchev–Trinajstić information content (AvgIpc) is 2.34. The van der Waals surface area contributed by atoms with Crippen LogP contribution >= 0.6 is 0 Å². The van der Waals surface area contributed by atoms with Crippen LogP contribution in [0.25, 0.3) is 0 Å². The number of nitrogens with two attached hydrogens (primary N) is 1. The van der Waals surface area contributed by atoms with E-state index in [1.54, 1.807) is 6.07 Å². The van der Waals surface area contributed by atoms with E-state index < -0.39 is 10.0 Å². The predicted molar refractivity (Wildman–Crippen MR) is 69.6 cm³/mol. The van der Waals surface area contributed by atoms with Gasteiger partial charge in [0, 0.05) is 12.1 Å². The highest BCUT2D eigenvalue weighted by molar-refractivity contribution is 7.89. The Morgan fingerprint density at radius 3 is 2.67 bits per heavy atom. The van der Waals surface area contributed by atoms with E-state index in [1.165, 1.54) is 18.2 Å². The Labute approximate surface area is 107 Å². The zero-order valence-electron chi connectivity index (χ0n) is 10.5. The summed E-state index contributed by atoms with van der Waals surface area (Å²) >= 11 is 0. The smallest absolute Gasteiger partial charge is 0.251 e. The Bertz CT molecular complexity index is 526. The van der Waals surface area contributed by atoms with Crippen LogP contribution in [0.1, 0.15) is 30.6 Å². The lowest BCUT2D eigenvalue weighted by Crippen LogP contribution is -2.28. The molecule has 1 aromatic carbocycles. The molecule has 1 unspecified atom stereocenters. The van der Waals surface area contributed by atoms with Gasteiger partial charge in [0.1, 0.15) is 0 Å². The van der Waals surface area contributed by atoms with Crippen molar-refractivity contribution in [1.29, 1.82) is 0 Å². The summed E-state index contributed by atoms with van der Waals surface area (Å²) in [7, 11) is -3.77. The topological polar surface area (TPSA) is 89.3 Å². The van der Waals surface area contributed by atoms with Gasteiger partial charge in [-0.05, 0) is 24.1 Å². The van der Waals surface area contributed by atoms with Gasteiger partial charge in [0.25, 0.3) is 5.91 Å². The lowest BCUT2D eigenvalue weighted by Gasteiger charge is -2.10. The number of hydrogen-bond donors (Lipinski definition) is 2. The SMILES string of the molecule is CCC(C)CNC(=O)c1cccc(S(N)(=O)=O)c1. The van der Waals surface area contributed by atoms with Crippen molar-refractivity contribution < 1.29 is 13.2 Å². The maximum atomic E-state index is 11.8. The Morgan fingerprint density at radius 1 is 1.44 bits per heavy atom. The van der Waals surface area contributed by atoms with E-state index in [4.69, 9.17) is 5.14 Å². The molecule has 0 fully saturated rings. The first-order chi connectivity index (χ1) is 8.34. The Morgan fingerprint density at radius 2 is 2.11 bits per heavy atom. The first-order valence-electron chi connectivity index (χ1n) is 5.75. The fourth-order valence-corrected chi connectivity index (χ4v) is 1.89. The normalized spacial score (nSPS) is 13.1. The van der Waals surface area contributed by atoms with Crippen LogP contribution in [-0.2, 0) is 10.0 Å². The largest absolute Gasteiger partial charge is 0.352 e. The van der Waals surface area contributed by atoms with Crippen LogP contribution in [0.2, 0.25) is 0 Å². The fourth-order valence-electron chi connectivity index (χ4n) is 1.33. The number of benzene rings is 1. The van der Waals surface area contributed by atoms with Gasteiger partial charge in [-0.2, -0.15) is 0 Å². The number of primary sulfonamides is 1. The number of amides is 1. The fraction of sp³-hybridized carbons (Fsp3) is 0.417. The third-order valence-electron chi connectivity index (χ3n) is 2.73. The van der Waals surface area contributed by atoms with E-state index in [0.29, 0.717) is 18.0 Å². The van der Waals surface area contributed by atoms with Gasteiger partial charge in [-0.15, -0.1) is 0 Å². The summed E-state index contributed by atoms with van der Waals surface area (Å²) in [6.07, 6.45) is 0.970. The van der Waals surface area contributed by atoms with E-state index in [2.05, 4.69) is 5.32 Å². The summed E-state index contributed by atoms with van der Waals surface area (Å²) < 4.78 is 22.3. The number of carbonyl (C=O) groups excluding carboxylic acids is 1. The second-order valence-electron chi connectivity index (χ2n) is 4.30. The zero-order valence-corrected chi connectivity index (χ0v) is 11.3. The molecule has 1 atom stereocenters. The van der Waals surface area contributed by atoms with E-state index in [-0.39, 0.29) is 10.8 Å². The van der Waals surface area contributed by atoms with Crippen LogP contribution in [0.4, 0.5) is 0 Å². The number of nitrogens with one attached hydrogen (secondary N) is 1. The second kappa shape index (κ2) is 5.97. The molecule has 0 saturated heterocycles. The van der Waals surface area contributed by atoms with Crippen molar-refractivity contribution in [3.63, 3.8) is 0 Å². The quantitative estimate of drug-likeness (QED) is 0.840. The highest BCUT2D eigenvalue weighted by Gasteiger charge is 2.12. The summed E-state index contributed by atoms with van der Waals surface area (Å²) in [4.78, 5) is 11.7. The van der Waals surface area contributed by atoms with E-state index in [9.17, 15) is 13.2 Å². The minimum absolute atomic E-state index is 0.0568. The molecule has 3 N–H and O–H groups in total. The maximum Gasteiger partial charge on any atom is 0.251 e. The minimum Gasteiger partial charge on any atom is -0.352 e. The molecule has 1 rings (SSSR count). The van der Waals surface area contributed by atoms with Crippen LogP contribution in [0.3, 0.4) is 0 Å². The van der Waals surface area contributed by atoms with Crippen molar-refractivity contribution in [1.82, 2.24) is 5.32 Å². The van der Waals surface area contributed by atoms with Gasteiger partial charge in [0.15, 0.2) is 0 Å². The molecular weight excluding hydrogens is 252 g/mol. The van der Waals surface area contributed by atoms with Crippen molar-refractivity contribution in [2.45, 2.75) is 25.2 Å². The molecule has 1 aromatic rings. The third kappa shape index (κ3) is 4.12. The summed E-state index contributed by atoms with van der Waals surface area (Å²) in [5.74, 6) is 0.0937. The summed E-state index contributed by atoms with van der Waals surface area (Å²) in [5, 5.41) is 7.76. The molecule has 100 valence electrons. The monoisotopic (exact) mass is 270 g/mol. The Kier molecular flexibility index (Phi) is 4.86. The molecule has 0 aliphatic heterocycles. The lowest BCUT2D eigenvalue weighted by molar-refractivity contribution is 0.0947. The molecule has 0 bridgehead atoms. The summed E-state index contributed by atoms with van der Waals surface area (Å²) in [6, 6.07) is 5.70. The van der Waals surface area contributed by atoms with Gasteiger partial charge in [0.05, 0.1) is 4.90 Å². The molecule has 1 amide bonds. The molecule has 5 nitrogen and oxygen atoms in total. The first kappa shape index (κ1) is 14.7. The van der Waals surface area contributed by atoms with Crippen molar-refractivity contribution in [3.05, 3.63) is 29.8 Å². The highest BCUT2D eigenvalue weighted by atomic mass is 32.2. The number of sulfonamides is 1. The van der Waals surface area contributed by atoms with E-state index in [0.717, 1.165) is 6.42 Å². The van der Waals surface area contributed by atoms with Crippen molar-refractivity contribution in [2.75, 3.05) is 6.54 Å². The Balaban J connectivity index is 2.81. The predicted octanol–water partition coefficient (Wildman–Crippen LogP) is 1.11. The van der Waals surface area contributed by atoms with Crippen LogP contribution in [0, 0.1) is 5.92 Å². The number of rotatable bonds is 5. The van der Waals surface area contributed by atoms with Gasteiger partial charge in [-0.3, -0.25) is 4.79 Å². The van der Waals surface area contributed by atoms with Gasteiger partial charge in [-0.25, -0.2) is 13.6 Å². The molecular formula is C12H18N2O3S. The molecule has 18 heavy (non-hydrogen) atoms. The van der Waals surface area contributed by atoms with Crippen LogP contribution in [0.15, 0.2) is 29.2 Å². The molecule has 0 aliphatic carbocycles. The standard InChI is InChI=1S/C12H18N2O3S/c1-3-9(2)8-14-12(15)10-5-4-6-11(7-10)18(13,16)17/h4-7,9H,3,8H2,1-2H3,(H,14,15)(H2,13,16,17). The molecule has 0 heterocycles. The summed E-state index contributed by atoms with van der Waals surface area (Å²) in [5.41, 5.74) is 0.296. The number of carbonyl (C=O) groups is 1. The Hall–Kier alpha value is -1.40. The molecule has 0 spiro atoms. The zero-order chi connectivity index (χ0) is 13.8. The van der Waals surface area contributed by atoms with Crippen molar-refractivity contribution in [2.24, 2.45) is 11.1 Å². The van der Waals surface area contributed by atoms with Gasteiger partial charge in [0.2, 0.25) is 10.0 Å². The summed E-state index contributed by atoms with van der Waals surface area (Å²) in [6.45, 7) is 4.63. The van der Waals surface area contributed by atoms with Crippen LogP contribution < -0.4 is 10.5 Å². The maximum absolute atomic E-state index is 11.8. The minimum atomic E-state index is -3.77. The number of hydrogen-bond acceptors (Lipinski definition) is 3. The van der Waals surface area contributed by atoms with Gasteiger partial charge < -0.3 is 5.32 Å². The van der Waals surface area contributed by atoms with Crippen LogP contribution in [0.5, 0.6) is 0 Å². The molecule has 0 aliphatic rings. The molecule has 0 aromatic heterocycles. The molecule has 0 radical (unpaired) electrons. The van der Waals surface area contributed by atoms with Crippen LogP contribution in [-0.4, -0.2) is 20.9 Å². The lowest BCUT2D eigenvalue weighted by atomic mass is 10.1. The van der Waals surface area contributed by atoms with Crippen molar-refractivity contribution in [3.8, 4) is 0 Å². The average molecular weight is 270 g/mol. The van der Waals surface area contributed by atoms with Crippen molar-refractivity contribution >= 4 is 15.9 Å². The highest BCUT2D eigenvalue weighted by Crippen LogP contribution is 2.10. The second-order valence-corrected chi connectivity index (χ2v) is 5.86. The third-order valence-corrected chi connectivity index (χ3v) is 3.64. The van der Waals surface area contributed by atoms with Gasteiger partial charge in [-0.1, -0.05) is 26.3 Å². The van der Waals surface area contributed by atoms with E-state index in [1.807, 2.05) is 13.8 Å².